The van der Waals surface area contributed by atoms with Gasteiger partial charge in [0.2, 0.25) is 0 Å². The first-order chi connectivity index (χ1) is 26.1. The van der Waals surface area contributed by atoms with Crippen LogP contribution in [0.15, 0.2) is 79.2 Å². The lowest BCUT2D eigenvalue weighted by Crippen LogP contribution is -2.52. The lowest BCUT2D eigenvalue weighted by Gasteiger charge is -2.47. The lowest BCUT2D eigenvalue weighted by atomic mass is 9.65. The molecule has 3 aromatic rings. The van der Waals surface area contributed by atoms with E-state index in [4.69, 9.17) is 30.5 Å². The van der Waals surface area contributed by atoms with Crippen molar-refractivity contribution < 1.29 is 28.8 Å². The molecule has 0 saturated carbocycles. The molecule has 1 N–H and O–H groups in total. The van der Waals surface area contributed by atoms with Gasteiger partial charge in [0.25, 0.3) is 0 Å². The minimum absolute atomic E-state index is 0.166. The number of carbonyl (C=O) groups is 1. The number of esters is 1. The number of aliphatic hydroxyl groups is 1. The van der Waals surface area contributed by atoms with Crippen molar-refractivity contribution in [3.8, 4) is 17.6 Å². The smallest absolute Gasteiger partial charge is 0.323 e. The van der Waals surface area contributed by atoms with Gasteiger partial charge in [-0.1, -0.05) is 74.4 Å². The average Bonchev–Trinajstić information content (AvgIpc) is 3.61. The second-order valence-corrected chi connectivity index (χ2v) is 15.3. The monoisotopic (exact) mass is 754 g/mol. The zero-order valence-electron chi connectivity index (χ0n) is 31.5. The number of ether oxygens (including phenoxy) is 4. The number of carbonyl (C=O) groups excluding carboxylic acids is 1. The van der Waals surface area contributed by atoms with Crippen LogP contribution in [-0.2, 0) is 27.4 Å². The fraction of sp³-hybridized carbons (Fsp3) is 0.465. The van der Waals surface area contributed by atoms with Gasteiger partial charge < -0.3 is 29.0 Å². The molecule has 286 valence electrons. The van der Waals surface area contributed by atoms with Crippen LogP contribution >= 0.6 is 11.6 Å². The number of aliphatic hydroxyl groups excluding tert-OH is 1. The van der Waals surface area contributed by atoms with Gasteiger partial charge in [0, 0.05) is 67.8 Å². The average molecular weight is 755 g/mol. The van der Waals surface area contributed by atoms with Crippen LogP contribution in [0.2, 0.25) is 5.02 Å². The van der Waals surface area contributed by atoms with E-state index in [0.29, 0.717) is 41.8 Å². The zero-order valence-corrected chi connectivity index (χ0v) is 32.3. The van der Waals surface area contributed by atoms with Gasteiger partial charge in [0.05, 0.1) is 23.8 Å². The number of β-amino-alcohol motifs (C(OH)–C–C–N with tert-alkyl or cyclic N) is 1. The van der Waals surface area contributed by atoms with E-state index < -0.39 is 11.0 Å². The molecular weight excluding hydrogens is 704 g/mol. The van der Waals surface area contributed by atoms with E-state index in [9.17, 15) is 15.2 Å². The second-order valence-electron chi connectivity index (χ2n) is 14.9. The summed E-state index contributed by atoms with van der Waals surface area (Å²) in [6.07, 6.45) is 13.5. The molecule has 3 heterocycles. The molecule has 1 unspecified atom stereocenters. The van der Waals surface area contributed by atoms with E-state index in [1.165, 1.54) is 13.3 Å². The molecular formula is C43H51ClN4O6. The summed E-state index contributed by atoms with van der Waals surface area (Å²) in [6.45, 7) is 8.80. The van der Waals surface area contributed by atoms with Crippen LogP contribution in [0.5, 0.6) is 11.5 Å². The van der Waals surface area contributed by atoms with Crippen molar-refractivity contribution in [2.45, 2.75) is 76.9 Å². The van der Waals surface area contributed by atoms with Crippen molar-refractivity contribution in [3.63, 3.8) is 0 Å². The quantitative estimate of drug-likeness (QED) is 0.129. The molecule has 2 saturated heterocycles. The summed E-state index contributed by atoms with van der Waals surface area (Å²) in [7, 11) is 1.42. The first-order valence-electron chi connectivity index (χ1n) is 18.9. The highest BCUT2D eigenvalue weighted by Crippen LogP contribution is 2.49. The predicted molar refractivity (Wildman–Crippen MR) is 208 cm³/mol. The number of pyridine rings is 1. The first-order valence-corrected chi connectivity index (χ1v) is 19.2. The summed E-state index contributed by atoms with van der Waals surface area (Å²) in [4.78, 5) is 21.3. The van der Waals surface area contributed by atoms with Crippen molar-refractivity contribution in [3.05, 3.63) is 106 Å². The van der Waals surface area contributed by atoms with Crippen LogP contribution in [0.4, 0.5) is 0 Å². The molecule has 2 aliphatic heterocycles. The molecule has 54 heavy (non-hydrogen) atoms. The molecule has 6 rings (SSSR count). The Kier molecular flexibility index (Phi) is 13.1. The Bertz CT molecular complexity index is 1860. The van der Waals surface area contributed by atoms with E-state index in [-0.39, 0.29) is 31.3 Å². The minimum Gasteiger partial charge on any atom is -0.488 e. The highest BCUT2D eigenvalue weighted by Gasteiger charge is 2.49. The molecule has 2 fully saturated rings. The molecule has 0 amide bonds. The van der Waals surface area contributed by atoms with Crippen molar-refractivity contribution in [1.82, 2.24) is 14.8 Å². The van der Waals surface area contributed by atoms with Gasteiger partial charge in [-0.25, -0.2) is 0 Å². The standard InChI is InChI=1S/C43H51ClN4O6/c1-42(2)36(33-11-5-4-6-12-33)13-9-16-43(42,54-20-10-17-47-19-15-35(49)28-47)30-53-40-23-39(52-29-32-21-31(24-45)25-46-26-32)34(22-37(40)44)27-48-18-8-7-14-38(48)41(50)51-3/h4-6,9,11-13,16,21-23,25-26,35,38,49H,7-8,10,14-15,17-20,27-30H2,1-3H3/t35-,38+,43?/m1/s1. The summed E-state index contributed by atoms with van der Waals surface area (Å²) in [5.41, 5.74) is 2.88. The summed E-state index contributed by atoms with van der Waals surface area (Å²) in [5, 5.41) is 19.9. The first kappa shape index (κ1) is 39.5. The molecule has 0 spiro atoms. The summed E-state index contributed by atoms with van der Waals surface area (Å²) >= 11 is 7.04. The molecule has 2 aromatic carbocycles. The number of hydrogen-bond donors (Lipinski definition) is 1. The number of piperidine rings is 1. The lowest BCUT2D eigenvalue weighted by molar-refractivity contribution is -0.148. The van der Waals surface area contributed by atoms with E-state index in [1.54, 1.807) is 12.3 Å². The number of aromatic nitrogens is 1. The van der Waals surface area contributed by atoms with Crippen LogP contribution in [0.25, 0.3) is 5.57 Å². The van der Waals surface area contributed by atoms with E-state index in [0.717, 1.165) is 74.0 Å². The number of nitriles is 1. The second kappa shape index (κ2) is 17.9. The summed E-state index contributed by atoms with van der Waals surface area (Å²) < 4.78 is 25.2. The van der Waals surface area contributed by atoms with Crippen LogP contribution in [0.1, 0.15) is 68.2 Å². The van der Waals surface area contributed by atoms with Gasteiger partial charge in [-0.05, 0) is 61.6 Å². The number of rotatable bonds is 15. The number of nitrogens with zero attached hydrogens (tertiary/aromatic N) is 4. The number of allylic oxidation sites excluding steroid dienone is 2. The van der Waals surface area contributed by atoms with Gasteiger partial charge in [0.1, 0.15) is 42.4 Å². The van der Waals surface area contributed by atoms with Gasteiger partial charge in [-0.15, -0.1) is 0 Å². The normalized spacial score (nSPS) is 22.7. The van der Waals surface area contributed by atoms with Gasteiger partial charge in [-0.3, -0.25) is 14.7 Å². The third kappa shape index (κ3) is 9.16. The van der Waals surface area contributed by atoms with Crippen molar-refractivity contribution in [1.29, 1.82) is 5.26 Å². The molecule has 1 aliphatic carbocycles. The fourth-order valence-electron chi connectivity index (χ4n) is 7.80. The van der Waals surface area contributed by atoms with Crippen LogP contribution in [0.3, 0.4) is 0 Å². The number of hydrogen-bond acceptors (Lipinski definition) is 10. The maximum atomic E-state index is 12.7. The van der Waals surface area contributed by atoms with Gasteiger partial charge >= 0.3 is 5.97 Å². The molecule has 0 bridgehead atoms. The zero-order chi connectivity index (χ0) is 38.1. The van der Waals surface area contributed by atoms with E-state index in [1.807, 2.05) is 36.4 Å². The Hall–Kier alpha value is -4.24. The fourth-order valence-corrected chi connectivity index (χ4v) is 8.04. The number of likely N-dealkylation sites (tertiary alicyclic amines) is 2. The third-order valence-electron chi connectivity index (χ3n) is 11.0. The van der Waals surface area contributed by atoms with Crippen LogP contribution < -0.4 is 9.47 Å². The van der Waals surface area contributed by atoms with Gasteiger partial charge in [0.15, 0.2) is 0 Å². The van der Waals surface area contributed by atoms with Crippen LogP contribution in [-0.4, -0.2) is 90.1 Å². The number of benzene rings is 2. The molecule has 11 heteroatoms. The number of halogens is 1. The molecule has 3 atom stereocenters. The van der Waals surface area contributed by atoms with Crippen molar-refractivity contribution in [2.75, 3.05) is 46.5 Å². The molecule has 1 aromatic heterocycles. The molecule has 3 aliphatic rings. The Morgan fingerprint density at radius 1 is 1.07 bits per heavy atom. The SMILES string of the molecule is COC(=O)[C@@H]1CCCCN1Cc1cc(Cl)c(OCC2(OCCCN3CC[C@@H](O)C3)C=CC=C(c3ccccc3)C2(C)C)cc1OCc1cncc(C#N)c1. The number of methoxy groups -OCH3 is 1. The third-order valence-corrected chi connectivity index (χ3v) is 11.3. The Morgan fingerprint density at radius 3 is 2.67 bits per heavy atom. The van der Waals surface area contributed by atoms with Gasteiger partial charge in [-0.2, -0.15) is 5.26 Å². The predicted octanol–water partition coefficient (Wildman–Crippen LogP) is 6.98. The van der Waals surface area contributed by atoms with E-state index in [2.05, 4.69) is 59.0 Å². The van der Waals surface area contributed by atoms with Crippen LogP contribution in [0, 0.1) is 16.7 Å². The molecule has 0 radical (unpaired) electrons. The minimum atomic E-state index is -0.856. The maximum absolute atomic E-state index is 12.7. The largest absolute Gasteiger partial charge is 0.488 e. The summed E-state index contributed by atoms with van der Waals surface area (Å²) in [6, 6.07) is 17.5. The maximum Gasteiger partial charge on any atom is 0.323 e. The van der Waals surface area contributed by atoms with Crippen molar-refractivity contribution >= 4 is 23.1 Å². The van der Waals surface area contributed by atoms with E-state index >= 15 is 0 Å². The Labute approximate surface area is 323 Å². The molecule has 10 nitrogen and oxygen atoms in total. The topological polar surface area (TPSA) is 117 Å². The highest BCUT2D eigenvalue weighted by atomic mass is 35.5. The highest BCUT2D eigenvalue weighted by molar-refractivity contribution is 6.32. The summed E-state index contributed by atoms with van der Waals surface area (Å²) in [5.74, 6) is 0.742. The Balaban J connectivity index is 1.28. The van der Waals surface area contributed by atoms with Crippen molar-refractivity contribution in [2.24, 2.45) is 5.41 Å². The Morgan fingerprint density at radius 2 is 1.91 bits per heavy atom.